The van der Waals surface area contributed by atoms with Crippen molar-refractivity contribution in [1.82, 2.24) is 19.8 Å². The van der Waals surface area contributed by atoms with E-state index in [2.05, 4.69) is 24.1 Å². The van der Waals surface area contributed by atoms with E-state index in [9.17, 15) is 4.79 Å². The third-order valence-electron chi connectivity index (χ3n) is 3.06. The third-order valence-corrected chi connectivity index (χ3v) is 3.06. The molecule has 0 radical (unpaired) electrons. The summed E-state index contributed by atoms with van der Waals surface area (Å²) in [5, 5.41) is 3.04. The molecular formula is C13H24N4O. The molecule has 0 saturated carbocycles. The molecule has 1 rings (SSSR count). The van der Waals surface area contributed by atoms with Crippen LogP contribution < -0.4 is 5.32 Å². The lowest BCUT2D eigenvalue weighted by Crippen LogP contribution is -2.37. The molecule has 0 fully saturated rings. The predicted octanol–water partition coefficient (Wildman–Crippen LogP) is 1.25. The normalized spacial score (nSPS) is 12.8. The molecule has 1 aromatic heterocycles. The van der Waals surface area contributed by atoms with Gasteiger partial charge in [-0.3, -0.25) is 4.79 Å². The van der Waals surface area contributed by atoms with Gasteiger partial charge in [-0.15, -0.1) is 0 Å². The van der Waals surface area contributed by atoms with Crippen LogP contribution in [0, 0.1) is 0 Å². The first-order valence-corrected chi connectivity index (χ1v) is 6.41. The zero-order chi connectivity index (χ0) is 13.7. The maximum Gasteiger partial charge on any atom is 0.245 e. The van der Waals surface area contributed by atoms with E-state index in [0.29, 0.717) is 12.5 Å². The summed E-state index contributed by atoms with van der Waals surface area (Å²) < 4.78 is 1.96. The summed E-state index contributed by atoms with van der Waals surface area (Å²) >= 11 is 0. The molecule has 1 aromatic rings. The van der Waals surface area contributed by atoms with Crippen LogP contribution in [-0.2, 0) is 4.79 Å². The average molecular weight is 252 g/mol. The minimum absolute atomic E-state index is 0.116. The number of nitrogens with one attached hydrogen (secondary N) is 1. The molecule has 18 heavy (non-hydrogen) atoms. The Morgan fingerprint density at radius 2 is 2.17 bits per heavy atom. The maximum atomic E-state index is 12.3. The summed E-state index contributed by atoms with van der Waals surface area (Å²) in [7, 11) is 3.72. The topological polar surface area (TPSA) is 50.2 Å². The highest BCUT2D eigenvalue weighted by atomic mass is 16.2. The fourth-order valence-electron chi connectivity index (χ4n) is 1.93. The van der Waals surface area contributed by atoms with E-state index in [1.54, 1.807) is 11.1 Å². The van der Waals surface area contributed by atoms with Crippen molar-refractivity contribution in [1.29, 1.82) is 0 Å². The second-order valence-electron chi connectivity index (χ2n) is 4.89. The smallest absolute Gasteiger partial charge is 0.245 e. The van der Waals surface area contributed by atoms with Crippen LogP contribution in [0.25, 0.3) is 0 Å². The van der Waals surface area contributed by atoms with Crippen LogP contribution in [0.5, 0.6) is 0 Å². The summed E-state index contributed by atoms with van der Waals surface area (Å²) in [4.78, 5) is 18.3. The van der Waals surface area contributed by atoms with Gasteiger partial charge in [0.1, 0.15) is 11.9 Å². The molecule has 0 bridgehead atoms. The van der Waals surface area contributed by atoms with Gasteiger partial charge in [0.2, 0.25) is 5.91 Å². The fourth-order valence-corrected chi connectivity index (χ4v) is 1.93. The zero-order valence-corrected chi connectivity index (χ0v) is 12.0. The van der Waals surface area contributed by atoms with Crippen LogP contribution >= 0.6 is 0 Å². The second kappa shape index (κ2) is 6.54. The van der Waals surface area contributed by atoms with Crippen molar-refractivity contribution in [3.8, 4) is 0 Å². The average Bonchev–Trinajstić information content (AvgIpc) is 2.83. The number of imidazole rings is 1. The highest BCUT2D eigenvalue weighted by molar-refractivity contribution is 5.79. The number of carbonyl (C=O) groups is 1. The highest BCUT2D eigenvalue weighted by Crippen LogP contribution is 2.18. The molecule has 5 heteroatoms. The van der Waals surface area contributed by atoms with Gasteiger partial charge < -0.3 is 14.8 Å². The van der Waals surface area contributed by atoms with Crippen LogP contribution in [0.15, 0.2) is 12.4 Å². The molecule has 0 spiro atoms. The lowest BCUT2D eigenvalue weighted by atomic mass is 10.2. The number of aromatic nitrogens is 2. The molecule has 5 nitrogen and oxygen atoms in total. The molecule has 0 saturated heterocycles. The van der Waals surface area contributed by atoms with E-state index in [1.165, 1.54) is 0 Å². The van der Waals surface area contributed by atoms with Crippen molar-refractivity contribution in [2.24, 2.45) is 0 Å². The number of carbonyl (C=O) groups excluding carboxylic acids is 1. The Kier molecular flexibility index (Phi) is 5.34. The van der Waals surface area contributed by atoms with E-state index in [0.717, 1.165) is 12.4 Å². The van der Waals surface area contributed by atoms with E-state index >= 15 is 0 Å². The van der Waals surface area contributed by atoms with Crippen LogP contribution in [0.4, 0.5) is 0 Å². The van der Waals surface area contributed by atoms with Crippen LogP contribution in [0.2, 0.25) is 0 Å². The number of nitrogens with zero attached hydrogens (tertiary/aromatic N) is 3. The maximum absolute atomic E-state index is 12.3. The first-order chi connectivity index (χ1) is 8.49. The van der Waals surface area contributed by atoms with Gasteiger partial charge in [-0.05, 0) is 14.0 Å². The molecule has 1 atom stereocenters. The number of amides is 1. The van der Waals surface area contributed by atoms with Gasteiger partial charge in [-0.1, -0.05) is 13.8 Å². The molecule has 0 aromatic carbocycles. The van der Waals surface area contributed by atoms with Gasteiger partial charge in [0, 0.05) is 38.4 Å². The minimum atomic E-state index is -0.202. The first-order valence-electron chi connectivity index (χ1n) is 6.41. The van der Waals surface area contributed by atoms with Gasteiger partial charge in [0.05, 0.1) is 0 Å². The number of hydrogen-bond acceptors (Lipinski definition) is 3. The molecular weight excluding hydrogens is 228 g/mol. The summed E-state index contributed by atoms with van der Waals surface area (Å²) in [6, 6.07) is -0.202. The highest BCUT2D eigenvalue weighted by Gasteiger charge is 2.21. The first kappa shape index (κ1) is 14.7. The van der Waals surface area contributed by atoms with Crippen molar-refractivity contribution in [3.63, 3.8) is 0 Å². The Labute approximate surface area is 109 Å². The quantitative estimate of drug-likeness (QED) is 0.829. The van der Waals surface area contributed by atoms with E-state index in [-0.39, 0.29) is 11.9 Å². The molecule has 0 aliphatic heterocycles. The van der Waals surface area contributed by atoms with E-state index in [1.807, 2.05) is 31.8 Å². The largest absolute Gasteiger partial charge is 0.343 e. The van der Waals surface area contributed by atoms with Crippen molar-refractivity contribution < 1.29 is 4.79 Å². The van der Waals surface area contributed by atoms with Crippen LogP contribution in [0.1, 0.15) is 38.6 Å². The summed E-state index contributed by atoms with van der Waals surface area (Å²) in [6.45, 7) is 7.61. The number of likely N-dealkylation sites (N-methyl/N-ethyl adjacent to an activating group) is 2. The van der Waals surface area contributed by atoms with Gasteiger partial charge >= 0.3 is 0 Å². The zero-order valence-electron chi connectivity index (χ0n) is 12.0. The molecule has 1 heterocycles. The van der Waals surface area contributed by atoms with Crippen molar-refractivity contribution >= 4 is 5.91 Å². The van der Waals surface area contributed by atoms with Crippen LogP contribution in [-0.4, -0.2) is 47.5 Å². The summed E-state index contributed by atoms with van der Waals surface area (Å²) in [5.41, 5.74) is 0. The second-order valence-corrected chi connectivity index (χ2v) is 4.89. The Hall–Kier alpha value is -1.36. The van der Waals surface area contributed by atoms with Crippen LogP contribution in [0.3, 0.4) is 0 Å². The summed E-state index contributed by atoms with van der Waals surface area (Å²) in [5.74, 6) is 1.39. The van der Waals surface area contributed by atoms with Gasteiger partial charge in [0.15, 0.2) is 0 Å². The van der Waals surface area contributed by atoms with Gasteiger partial charge in [-0.25, -0.2) is 4.98 Å². The Bertz CT molecular complexity index is 386. The Morgan fingerprint density at radius 1 is 1.50 bits per heavy atom. The SMILES string of the molecule is CNCCN(C)C(=O)C(C)n1ccnc1C(C)C. The molecule has 102 valence electrons. The Balaban J connectivity index is 2.76. The van der Waals surface area contributed by atoms with Gasteiger partial charge in [0.25, 0.3) is 0 Å². The lowest BCUT2D eigenvalue weighted by Gasteiger charge is -2.23. The molecule has 1 N–H and O–H groups in total. The lowest BCUT2D eigenvalue weighted by molar-refractivity contribution is -0.132. The molecule has 0 aliphatic rings. The molecule has 0 aliphatic carbocycles. The van der Waals surface area contributed by atoms with Crippen molar-refractivity contribution in [2.75, 3.05) is 27.2 Å². The number of hydrogen-bond donors (Lipinski definition) is 1. The monoisotopic (exact) mass is 252 g/mol. The van der Waals surface area contributed by atoms with Gasteiger partial charge in [-0.2, -0.15) is 0 Å². The summed E-state index contributed by atoms with van der Waals surface area (Å²) in [6.07, 6.45) is 3.64. The predicted molar refractivity (Wildman–Crippen MR) is 72.6 cm³/mol. The standard InChI is InChI=1S/C13H24N4O/c1-10(2)12-15-7-9-17(12)11(3)13(18)16(5)8-6-14-4/h7,9-11,14H,6,8H2,1-5H3. The third kappa shape index (κ3) is 3.32. The van der Waals surface area contributed by atoms with Crippen molar-refractivity contribution in [2.45, 2.75) is 32.7 Å². The van der Waals surface area contributed by atoms with E-state index in [4.69, 9.17) is 0 Å². The van der Waals surface area contributed by atoms with E-state index < -0.39 is 0 Å². The molecule has 1 amide bonds. The minimum Gasteiger partial charge on any atom is -0.343 e. The Morgan fingerprint density at radius 3 is 2.72 bits per heavy atom. The fraction of sp³-hybridized carbons (Fsp3) is 0.692. The number of rotatable bonds is 6. The molecule has 1 unspecified atom stereocenters. The van der Waals surface area contributed by atoms with Crippen molar-refractivity contribution in [3.05, 3.63) is 18.2 Å².